The molecule has 2 saturated heterocycles. The Kier molecular flexibility index (Phi) is 5.13. The van der Waals surface area contributed by atoms with Crippen molar-refractivity contribution in [2.24, 2.45) is 5.92 Å². The van der Waals surface area contributed by atoms with Crippen molar-refractivity contribution < 1.29 is 14.0 Å². The van der Waals surface area contributed by atoms with Gasteiger partial charge in [0.05, 0.1) is 6.33 Å². The number of benzene rings is 1. The molecule has 1 atom stereocenters. The fraction of sp³-hybridized carbons (Fsp3) is 0.450. The number of halogens is 1. The summed E-state index contributed by atoms with van der Waals surface area (Å²) in [6.45, 7) is 2.41. The first-order chi connectivity index (χ1) is 13.6. The van der Waals surface area contributed by atoms with E-state index in [1.165, 1.54) is 17.0 Å². The van der Waals surface area contributed by atoms with Gasteiger partial charge in [-0.1, -0.05) is 12.1 Å². The molecule has 0 aliphatic carbocycles. The highest BCUT2D eigenvalue weighted by Gasteiger charge is 2.55. The van der Waals surface area contributed by atoms with Crippen LogP contribution < -0.4 is 10.6 Å². The molecule has 0 radical (unpaired) electrons. The van der Waals surface area contributed by atoms with Crippen LogP contribution in [0.1, 0.15) is 18.4 Å². The zero-order chi connectivity index (χ0) is 19.6. The molecular weight excluding hydrogens is 361 g/mol. The van der Waals surface area contributed by atoms with E-state index in [0.29, 0.717) is 13.0 Å². The number of hydrogen-bond acceptors (Lipinski definition) is 4. The number of nitrogens with zero attached hydrogens (tertiary/aromatic N) is 3. The van der Waals surface area contributed by atoms with E-state index in [0.717, 1.165) is 31.5 Å². The Hall–Kier alpha value is -2.74. The molecule has 28 heavy (non-hydrogen) atoms. The molecule has 2 aliphatic rings. The van der Waals surface area contributed by atoms with Gasteiger partial charge in [-0.15, -0.1) is 0 Å². The molecule has 1 aromatic carbocycles. The van der Waals surface area contributed by atoms with Crippen LogP contribution in [0.25, 0.3) is 0 Å². The number of imidazole rings is 1. The monoisotopic (exact) mass is 385 g/mol. The minimum Gasteiger partial charge on any atom is -0.336 e. The van der Waals surface area contributed by atoms with Crippen LogP contribution in [0.5, 0.6) is 0 Å². The number of aromatic nitrogens is 2. The molecule has 3 heterocycles. The molecule has 1 aromatic heterocycles. The molecule has 3 amide bonds. The molecule has 4 rings (SSSR count). The third kappa shape index (κ3) is 3.52. The van der Waals surface area contributed by atoms with Crippen molar-refractivity contribution in [2.75, 3.05) is 19.6 Å². The van der Waals surface area contributed by atoms with Crippen LogP contribution in [0.4, 0.5) is 9.18 Å². The average Bonchev–Trinajstić information content (AvgIpc) is 3.30. The van der Waals surface area contributed by atoms with Crippen LogP contribution in [-0.2, 0) is 17.8 Å². The lowest BCUT2D eigenvalue weighted by atomic mass is 9.74. The first-order valence-corrected chi connectivity index (χ1v) is 9.63. The summed E-state index contributed by atoms with van der Waals surface area (Å²) in [7, 11) is 0. The predicted molar refractivity (Wildman–Crippen MR) is 101 cm³/mol. The molecule has 2 aromatic rings. The lowest BCUT2D eigenvalue weighted by Crippen LogP contribution is -2.57. The SMILES string of the molecule is O=C1N[C@@](Cc2ccc(F)cc2)(C2CCNCC2)C(=O)N1CCn1ccnc1. The third-order valence-electron chi connectivity index (χ3n) is 5.78. The van der Waals surface area contributed by atoms with E-state index in [-0.39, 0.29) is 30.2 Å². The molecule has 148 valence electrons. The number of carbonyl (C=O) groups excluding carboxylic acids is 2. The number of nitrogens with one attached hydrogen (secondary N) is 2. The highest BCUT2D eigenvalue weighted by Crippen LogP contribution is 2.35. The summed E-state index contributed by atoms with van der Waals surface area (Å²) in [5.41, 5.74) is -0.142. The fourth-order valence-electron chi connectivity index (χ4n) is 4.26. The van der Waals surface area contributed by atoms with Gasteiger partial charge >= 0.3 is 6.03 Å². The van der Waals surface area contributed by atoms with Crippen LogP contribution in [0.2, 0.25) is 0 Å². The maximum absolute atomic E-state index is 13.5. The van der Waals surface area contributed by atoms with Crippen molar-refractivity contribution in [2.45, 2.75) is 31.3 Å². The second kappa shape index (κ2) is 7.71. The molecule has 0 unspecified atom stereocenters. The summed E-state index contributed by atoms with van der Waals surface area (Å²) in [5.74, 6) is -0.467. The molecule has 2 fully saturated rings. The summed E-state index contributed by atoms with van der Waals surface area (Å²) in [6.07, 6.45) is 7.11. The van der Waals surface area contributed by atoms with E-state index in [2.05, 4.69) is 15.6 Å². The van der Waals surface area contributed by atoms with Crippen molar-refractivity contribution in [3.63, 3.8) is 0 Å². The van der Waals surface area contributed by atoms with Gasteiger partial charge in [0, 0.05) is 31.9 Å². The molecule has 2 aliphatic heterocycles. The van der Waals surface area contributed by atoms with E-state index in [1.54, 1.807) is 30.9 Å². The van der Waals surface area contributed by atoms with Crippen molar-refractivity contribution in [3.8, 4) is 0 Å². The van der Waals surface area contributed by atoms with Gasteiger partial charge in [-0.05, 0) is 49.5 Å². The number of hydrogen-bond donors (Lipinski definition) is 2. The van der Waals surface area contributed by atoms with Crippen molar-refractivity contribution >= 4 is 11.9 Å². The molecule has 7 nitrogen and oxygen atoms in total. The van der Waals surface area contributed by atoms with Crippen molar-refractivity contribution in [3.05, 3.63) is 54.4 Å². The Labute approximate surface area is 162 Å². The number of rotatable bonds is 6. The van der Waals surface area contributed by atoms with Gasteiger partial charge in [-0.2, -0.15) is 0 Å². The van der Waals surface area contributed by atoms with Gasteiger partial charge in [-0.3, -0.25) is 9.69 Å². The fourth-order valence-corrected chi connectivity index (χ4v) is 4.26. The summed E-state index contributed by atoms with van der Waals surface area (Å²) < 4.78 is 15.2. The number of piperidine rings is 1. The molecular formula is C20H24FN5O2. The maximum atomic E-state index is 13.5. The average molecular weight is 385 g/mol. The van der Waals surface area contributed by atoms with E-state index in [9.17, 15) is 14.0 Å². The maximum Gasteiger partial charge on any atom is 0.325 e. The molecule has 0 spiro atoms. The quantitative estimate of drug-likeness (QED) is 0.740. The summed E-state index contributed by atoms with van der Waals surface area (Å²) >= 11 is 0. The predicted octanol–water partition coefficient (Wildman–Crippen LogP) is 1.56. The Morgan fingerprint density at radius 2 is 1.89 bits per heavy atom. The number of carbonyl (C=O) groups is 2. The highest BCUT2D eigenvalue weighted by molar-refractivity contribution is 6.07. The zero-order valence-electron chi connectivity index (χ0n) is 15.6. The van der Waals surface area contributed by atoms with Gasteiger partial charge in [0.15, 0.2) is 0 Å². The van der Waals surface area contributed by atoms with Crippen LogP contribution in [0, 0.1) is 11.7 Å². The number of imide groups is 1. The lowest BCUT2D eigenvalue weighted by Gasteiger charge is -2.38. The van der Waals surface area contributed by atoms with Crippen molar-refractivity contribution in [1.82, 2.24) is 25.1 Å². The minimum atomic E-state index is -0.980. The van der Waals surface area contributed by atoms with Gasteiger partial charge in [0.1, 0.15) is 11.4 Å². The van der Waals surface area contributed by atoms with Crippen LogP contribution in [0.15, 0.2) is 43.0 Å². The second-order valence-corrected chi connectivity index (χ2v) is 7.49. The zero-order valence-corrected chi connectivity index (χ0v) is 15.6. The van der Waals surface area contributed by atoms with Gasteiger partial charge in [-0.25, -0.2) is 14.2 Å². The van der Waals surface area contributed by atoms with E-state index < -0.39 is 5.54 Å². The molecule has 2 N–H and O–H groups in total. The normalized spacial score (nSPS) is 23.2. The minimum absolute atomic E-state index is 0.0356. The summed E-state index contributed by atoms with van der Waals surface area (Å²) in [5, 5.41) is 6.33. The first-order valence-electron chi connectivity index (χ1n) is 9.63. The summed E-state index contributed by atoms with van der Waals surface area (Å²) in [4.78, 5) is 31.5. The van der Waals surface area contributed by atoms with Gasteiger partial charge in [0.2, 0.25) is 0 Å². The van der Waals surface area contributed by atoms with Crippen LogP contribution in [0.3, 0.4) is 0 Å². The number of urea groups is 1. The molecule has 0 bridgehead atoms. The standard InChI is InChI=1S/C20H24FN5O2/c21-17-3-1-15(2-4-17)13-20(16-5-7-22-8-6-16)18(27)26(19(28)24-20)12-11-25-10-9-23-14-25/h1-4,9-10,14,16,22H,5-8,11-13H2,(H,24,28)/t20-/m0/s1. The van der Waals surface area contributed by atoms with Crippen LogP contribution >= 0.6 is 0 Å². The van der Waals surface area contributed by atoms with Crippen LogP contribution in [-0.4, -0.2) is 51.6 Å². The van der Waals surface area contributed by atoms with Gasteiger partial charge < -0.3 is 15.2 Å². The van der Waals surface area contributed by atoms with E-state index >= 15 is 0 Å². The first kappa shape index (κ1) is 18.6. The van der Waals surface area contributed by atoms with Gasteiger partial charge in [0.25, 0.3) is 5.91 Å². The number of amides is 3. The van der Waals surface area contributed by atoms with E-state index in [1.807, 2.05) is 4.57 Å². The second-order valence-electron chi connectivity index (χ2n) is 7.49. The van der Waals surface area contributed by atoms with Crippen molar-refractivity contribution in [1.29, 1.82) is 0 Å². The Morgan fingerprint density at radius 1 is 1.14 bits per heavy atom. The Morgan fingerprint density at radius 3 is 2.57 bits per heavy atom. The highest BCUT2D eigenvalue weighted by atomic mass is 19.1. The Balaban J connectivity index is 1.59. The molecule has 0 saturated carbocycles. The topological polar surface area (TPSA) is 79.3 Å². The van der Waals surface area contributed by atoms with E-state index in [4.69, 9.17) is 0 Å². The smallest absolute Gasteiger partial charge is 0.325 e. The third-order valence-corrected chi connectivity index (χ3v) is 5.78. The summed E-state index contributed by atoms with van der Waals surface area (Å²) in [6, 6.07) is 5.80. The molecule has 8 heteroatoms. The lowest BCUT2D eigenvalue weighted by molar-refractivity contribution is -0.133. The largest absolute Gasteiger partial charge is 0.336 e. The Bertz CT molecular complexity index is 833.